The number of anilines is 1. The Labute approximate surface area is 121 Å². The van der Waals surface area contributed by atoms with Gasteiger partial charge in [-0.1, -0.05) is 6.92 Å². The summed E-state index contributed by atoms with van der Waals surface area (Å²) >= 11 is 0. The van der Waals surface area contributed by atoms with Crippen molar-refractivity contribution in [3.63, 3.8) is 0 Å². The van der Waals surface area contributed by atoms with Gasteiger partial charge in [0.2, 0.25) is 0 Å². The Morgan fingerprint density at radius 3 is 2.95 bits per heavy atom. The van der Waals surface area contributed by atoms with Crippen LogP contribution >= 0.6 is 0 Å². The maximum atomic E-state index is 4.44. The molecule has 2 aliphatic rings. The molecule has 2 atom stereocenters. The molecule has 0 amide bonds. The Hall–Kier alpha value is -1.20. The molecule has 0 saturated carbocycles. The van der Waals surface area contributed by atoms with Crippen molar-refractivity contribution in [2.75, 3.05) is 31.1 Å². The van der Waals surface area contributed by atoms with Crippen LogP contribution in [0, 0.1) is 0 Å². The van der Waals surface area contributed by atoms with Gasteiger partial charge in [-0.05, 0) is 45.0 Å². The van der Waals surface area contributed by atoms with Gasteiger partial charge in [-0.15, -0.1) is 5.10 Å². The van der Waals surface area contributed by atoms with Crippen LogP contribution in [0.4, 0.5) is 5.82 Å². The van der Waals surface area contributed by atoms with Gasteiger partial charge in [0, 0.05) is 31.7 Å². The first-order valence-corrected chi connectivity index (χ1v) is 7.82. The lowest BCUT2D eigenvalue weighted by atomic mass is 10.1. The molecule has 2 aliphatic heterocycles. The van der Waals surface area contributed by atoms with Crippen molar-refractivity contribution in [2.45, 2.75) is 45.3 Å². The second-order valence-corrected chi connectivity index (χ2v) is 5.96. The van der Waals surface area contributed by atoms with Gasteiger partial charge in [-0.2, -0.15) is 5.10 Å². The van der Waals surface area contributed by atoms with E-state index in [-0.39, 0.29) is 0 Å². The standard InChI is InChI=1S/C15H25N5/c1-3-16-9-13-6-7-15(18-17-13)20-11-14-5-4-8-19(14)10-12(20)2/h6-7,12,14,16H,3-5,8-11H2,1-2H3. The quantitative estimate of drug-likeness (QED) is 0.896. The van der Waals surface area contributed by atoms with Crippen molar-refractivity contribution in [3.8, 4) is 0 Å². The Morgan fingerprint density at radius 2 is 2.20 bits per heavy atom. The minimum atomic E-state index is 0.526. The van der Waals surface area contributed by atoms with Crippen molar-refractivity contribution in [2.24, 2.45) is 0 Å². The number of hydrogen-bond acceptors (Lipinski definition) is 5. The van der Waals surface area contributed by atoms with E-state index >= 15 is 0 Å². The zero-order valence-corrected chi connectivity index (χ0v) is 12.5. The predicted molar refractivity (Wildman–Crippen MR) is 80.8 cm³/mol. The van der Waals surface area contributed by atoms with Crippen LogP contribution in [-0.4, -0.2) is 53.4 Å². The van der Waals surface area contributed by atoms with Crippen molar-refractivity contribution in [3.05, 3.63) is 17.8 Å². The lowest BCUT2D eigenvalue weighted by molar-refractivity contribution is 0.202. The molecule has 1 N–H and O–H groups in total. The summed E-state index contributed by atoms with van der Waals surface area (Å²) in [5.41, 5.74) is 1.02. The average Bonchev–Trinajstić information content (AvgIpc) is 2.92. The molecular weight excluding hydrogens is 250 g/mol. The van der Waals surface area contributed by atoms with Crippen molar-refractivity contribution < 1.29 is 0 Å². The van der Waals surface area contributed by atoms with E-state index in [0.717, 1.165) is 43.7 Å². The molecule has 2 unspecified atom stereocenters. The van der Waals surface area contributed by atoms with E-state index < -0.39 is 0 Å². The second kappa shape index (κ2) is 6.06. The Kier molecular flexibility index (Phi) is 4.17. The van der Waals surface area contributed by atoms with Crippen LogP contribution in [0.25, 0.3) is 0 Å². The molecule has 1 aromatic heterocycles. The second-order valence-electron chi connectivity index (χ2n) is 5.96. The third-order valence-electron chi connectivity index (χ3n) is 4.49. The van der Waals surface area contributed by atoms with E-state index in [1.54, 1.807) is 0 Å². The summed E-state index contributed by atoms with van der Waals surface area (Å²) in [5, 5.41) is 12.1. The molecule has 0 radical (unpaired) electrons. The Balaban J connectivity index is 1.68. The van der Waals surface area contributed by atoms with Gasteiger partial charge in [0.1, 0.15) is 0 Å². The number of piperazine rings is 1. The lowest BCUT2D eigenvalue weighted by Gasteiger charge is -2.42. The van der Waals surface area contributed by atoms with E-state index in [1.165, 1.54) is 19.4 Å². The van der Waals surface area contributed by atoms with E-state index in [1.807, 2.05) is 0 Å². The van der Waals surface area contributed by atoms with Gasteiger partial charge in [0.05, 0.1) is 5.69 Å². The zero-order valence-electron chi connectivity index (χ0n) is 12.5. The van der Waals surface area contributed by atoms with Gasteiger partial charge in [0.25, 0.3) is 0 Å². The molecule has 3 rings (SSSR count). The first kappa shape index (κ1) is 13.8. The predicted octanol–water partition coefficient (Wildman–Crippen LogP) is 1.26. The fourth-order valence-corrected chi connectivity index (χ4v) is 3.36. The van der Waals surface area contributed by atoms with Crippen LogP contribution in [0.1, 0.15) is 32.4 Å². The van der Waals surface area contributed by atoms with Crippen LogP contribution in [-0.2, 0) is 6.54 Å². The third kappa shape index (κ3) is 2.79. The molecule has 2 saturated heterocycles. The van der Waals surface area contributed by atoms with E-state index in [4.69, 9.17) is 0 Å². The molecule has 0 aromatic carbocycles. The molecule has 5 nitrogen and oxygen atoms in total. The molecule has 2 fully saturated rings. The normalized spacial score (nSPS) is 26.8. The summed E-state index contributed by atoms with van der Waals surface area (Å²) in [5.74, 6) is 1.03. The highest BCUT2D eigenvalue weighted by Crippen LogP contribution is 2.27. The minimum absolute atomic E-state index is 0.526. The largest absolute Gasteiger partial charge is 0.350 e. The highest BCUT2D eigenvalue weighted by Gasteiger charge is 2.34. The maximum Gasteiger partial charge on any atom is 0.151 e. The minimum Gasteiger partial charge on any atom is -0.350 e. The SMILES string of the molecule is CCNCc1ccc(N2CC3CCCN3CC2C)nn1. The Morgan fingerprint density at radius 1 is 1.30 bits per heavy atom. The van der Waals surface area contributed by atoms with E-state index in [2.05, 4.69) is 51.3 Å². The number of nitrogens with one attached hydrogen (secondary N) is 1. The molecular formula is C15H25N5. The van der Waals surface area contributed by atoms with Crippen molar-refractivity contribution in [1.29, 1.82) is 0 Å². The Bertz CT molecular complexity index is 432. The summed E-state index contributed by atoms with van der Waals surface area (Å²) in [6.07, 6.45) is 2.67. The lowest BCUT2D eigenvalue weighted by Crippen LogP contribution is -2.55. The van der Waals surface area contributed by atoms with Crippen LogP contribution in [0.2, 0.25) is 0 Å². The topological polar surface area (TPSA) is 44.3 Å². The van der Waals surface area contributed by atoms with Crippen molar-refractivity contribution >= 4 is 5.82 Å². The smallest absolute Gasteiger partial charge is 0.151 e. The van der Waals surface area contributed by atoms with E-state index in [9.17, 15) is 0 Å². The molecule has 1 aromatic rings. The third-order valence-corrected chi connectivity index (χ3v) is 4.49. The molecule has 3 heterocycles. The summed E-state index contributed by atoms with van der Waals surface area (Å²) in [4.78, 5) is 5.06. The first-order chi connectivity index (χ1) is 9.78. The number of rotatable bonds is 4. The molecule has 0 bridgehead atoms. The summed E-state index contributed by atoms with van der Waals surface area (Å²) in [6, 6.07) is 5.46. The number of hydrogen-bond donors (Lipinski definition) is 1. The van der Waals surface area contributed by atoms with Crippen LogP contribution in [0.5, 0.6) is 0 Å². The van der Waals surface area contributed by atoms with Crippen LogP contribution in [0.15, 0.2) is 12.1 Å². The van der Waals surface area contributed by atoms with Crippen LogP contribution in [0.3, 0.4) is 0 Å². The summed E-state index contributed by atoms with van der Waals surface area (Å²) in [7, 11) is 0. The first-order valence-electron chi connectivity index (χ1n) is 7.82. The fourth-order valence-electron chi connectivity index (χ4n) is 3.36. The van der Waals surface area contributed by atoms with Gasteiger partial charge in [0.15, 0.2) is 5.82 Å². The number of fused-ring (bicyclic) bond motifs is 1. The molecule has 110 valence electrons. The fraction of sp³-hybridized carbons (Fsp3) is 0.733. The molecule has 5 heteroatoms. The van der Waals surface area contributed by atoms with Gasteiger partial charge in [-0.3, -0.25) is 4.90 Å². The molecule has 0 spiro atoms. The average molecular weight is 275 g/mol. The molecule has 20 heavy (non-hydrogen) atoms. The van der Waals surface area contributed by atoms with Crippen LogP contribution < -0.4 is 10.2 Å². The monoisotopic (exact) mass is 275 g/mol. The molecule has 0 aliphatic carbocycles. The maximum absolute atomic E-state index is 4.44. The number of aromatic nitrogens is 2. The highest BCUT2D eigenvalue weighted by molar-refractivity contribution is 5.40. The van der Waals surface area contributed by atoms with Gasteiger partial charge >= 0.3 is 0 Å². The summed E-state index contributed by atoms with van der Waals surface area (Å²) in [6.45, 7) is 9.69. The van der Waals surface area contributed by atoms with Gasteiger partial charge in [-0.25, -0.2) is 0 Å². The summed E-state index contributed by atoms with van der Waals surface area (Å²) < 4.78 is 0. The van der Waals surface area contributed by atoms with E-state index in [0.29, 0.717) is 6.04 Å². The zero-order chi connectivity index (χ0) is 13.9. The van der Waals surface area contributed by atoms with Crippen molar-refractivity contribution in [1.82, 2.24) is 20.4 Å². The number of nitrogens with zero attached hydrogens (tertiary/aromatic N) is 4. The highest BCUT2D eigenvalue weighted by atomic mass is 15.4. The van der Waals surface area contributed by atoms with Gasteiger partial charge < -0.3 is 10.2 Å².